The molecule has 0 saturated carbocycles. The Morgan fingerprint density at radius 1 is 0.357 bits per heavy atom. The summed E-state index contributed by atoms with van der Waals surface area (Å²) in [4.78, 5) is 0. The molecule has 0 amide bonds. The fourth-order valence-corrected chi connectivity index (χ4v) is 4.23. The first-order valence-electron chi connectivity index (χ1n) is 13.5. The minimum atomic E-state index is -0.0297. The molecule has 0 aromatic carbocycles. The van der Waals surface area contributed by atoms with Crippen molar-refractivity contribution in [1.29, 1.82) is 0 Å². The quantitative estimate of drug-likeness (QED) is 0.161. The largest absolute Gasteiger partial charge is 0.393 e. The van der Waals surface area contributed by atoms with E-state index in [1.807, 2.05) is 0 Å². The van der Waals surface area contributed by atoms with Crippen molar-refractivity contribution in [3.63, 3.8) is 0 Å². The molecule has 1 N–H and O–H groups in total. The van der Waals surface area contributed by atoms with Gasteiger partial charge in [-0.1, -0.05) is 155 Å². The van der Waals surface area contributed by atoms with Crippen LogP contribution in [0.2, 0.25) is 0 Å². The molecule has 0 aromatic heterocycles. The van der Waals surface area contributed by atoms with Crippen molar-refractivity contribution in [2.45, 2.75) is 174 Å². The van der Waals surface area contributed by atoms with Crippen molar-refractivity contribution in [2.75, 3.05) is 0 Å². The van der Waals surface area contributed by atoms with Gasteiger partial charge in [0, 0.05) is 0 Å². The van der Waals surface area contributed by atoms with Gasteiger partial charge < -0.3 is 5.11 Å². The van der Waals surface area contributed by atoms with E-state index in [-0.39, 0.29) is 6.10 Å². The molecule has 1 nitrogen and oxygen atoms in total. The van der Waals surface area contributed by atoms with Crippen LogP contribution in [0.15, 0.2) is 0 Å². The summed E-state index contributed by atoms with van der Waals surface area (Å²) < 4.78 is 0. The molecule has 0 aliphatic heterocycles. The Hall–Kier alpha value is -0.0400. The maximum atomic E-state index is 10.0. The van der Waals surface area contributed by atoms with Crippen LogP contribution in [-0.4, -0.2) is 11.2 Å². The summed E-state index contributed by atoms with van der Waals surface area (Å²) in [6.45, 7) is 4.55. The van der Waals surface area contributed by atoms with Crippen LogP contribution in [0.4, 0.5) is 0 Å². The lowest BCUT2D eigenvalue weighted by Gasteiger charge is -2.10. The molecule has 1 unspecified atom stereocenters. The topological polar surface area (TPSA) is 20.2 Å². The third kappa shape index (κ3) is 24.0. The molecule has 0 aliphatic rings. The average Bonchev–Trinajstić information content (AvgIpc) is 2.70. The molecule has 0 bridgehead atoms. The molecule has 0 heterocycles. The molecule has 28 heavy (non-hydrogen) atoms. The van der Waals surface area contributed by atoms with Crippen molar-refractivity contribution in [1.82, 2.24) is 0 Å². The Bertz CT molecular complexity index is 263. The predicted molar refractivity (Wildman–Crippen MR) is 128 cm³/mol. The van der Waals surface area contributed by atoms with E-state index in [9.17, 15) is 5.11 Å². The summed E-state index contributed by atoms with van der Waals surface area (Å²) in [7, 11) is 0. The third-order valence-corrected chi connectivity index (χ3v) is 6.28. The minimum Gasteiger partial charge on any atom is -0.393 e. The zero-order chi connectivity index (χ0) is 20.5. The maximum absolute atomic E-state index is 10.0. The number of hydrogen-bond acceptors (Lipinski definition) is 1. The Labute approximate surface area is 179 Å². The van der Waals surface area contributed by atoms with Gasteiger partial charge in [0.15, 0.2) is 0 Å². The van der Waals surface area contributed by atoms with Crippen LogP contribution in [0.5, 0.6) is 0 Å². The van der Waals surface area contributed by atoms with Gasteiger partial charge in [-0.3, -0.25) is 0 Å². The highest BCUT2D eigenvalue weighted by molar-refractivity contribution is 4.57. The Balaban J connectivity index is 3.08. The predicted octanol–water partition coefficient (Wildman–Crippen LogP) is 9.75. The molecular formula is C27H56O. The molecule has 1 heteroatoms. The third-order valence-electron chi connectivity index (χ3n) is 6.28. The first-order valence-corrected chi connectivity index (χ1v) is 13.5. The van der Waals surface area contributed by atoms with Crippen LogP contribution in [0.25, 0.3) is 0 Å². The molecule has 0 aromatic rings. The van der Waals surface area contributed by atoms with Crippen molar-refractivity contribution in [3.8, 4) is 0 Å². The molecule has 0 radical (unpaired) electrons. The second-order valence-corrected chi connectivity index (χ2v) is 9.30. The SMILES string of the molecule is CCCCCCCCCCCCCCCCCCCC(O)CCCCCCC. The van der Waals surface area contributed by atoms with Crippen molar-refractivity contribution in [3.05, 3.63) is 0 Å². The van der Waals surface area contributed by atoms with E-state index in [1.54, 1.807) is 0 Å². The second-order valence-electron chi connectivity index (χ2n) is 9.30. The standard InChI is InChI=1S/C27H56O/c1-3-5-7-9-10-11-12-13-14-15-16-17-18-19-20-22-24-26-27(28)25-23-21-8-6-4-2/h27-28H,3-26H2,1-2H3. The summed E-state index contributed by atoms with van der Waals surface area (Å²) >= 11 is 0. The van der Waals surface area contributed by atoms with Gasteiger partial charge in [0.2, 0.25) is 0 Å². The number of unbranched alkanes of at least 4 members (excludes halogenated alkanes) is 20. The minimum absolute atomic E-state index is 0.0297. The molecule has 170 valence electrons. The highest BCUT2D eigenvalue weighted by atomic mass is 16.3. The Kier molecular flexibility index (Phi) is 25.0. The van der Waals surface area contributed by atoms with E-state index in [0.29, 0.717) is 0 Å². The van der Waals surface area contributed by atoms with E-state index in [0.717, 1.165) is 12.8 Å². The smallest absolute Gasteiger partial charge is 0.0540 e. The van der Waals surface area contributed by atoms with Crippen LogP contribution < -0.4 is 0 Å². The van der Waals surface area contributed by atoms with Crippen molar-refractivity contribution < 1.29 is 5.11 Å². The van der Waals surface area contributed by atoms with E-state index in [1.165, 1.54) is 141 Å². The van der Waals surface area contributed by atoms with E-state index in [4.69, 9.17) is 0 Å². The fourth-order valence-electron chi connectivity index (χ4n) is 4.23. The van der Waals surface area contributed by atoms with Crippen LogP contribution in [0, 0.1) is 0 Å². The zero-order valence-corrected chi connectivity index (χ0v) is 20.0. The summed E-state index contributed by atoms with van der Waals surface area (Å²) in [5, 5.41) is 10.0. The van der Waals surface area contributed by atoms with Crippen LogP contribution >= 0.6 is 0 Å². The van der Waals surface area contributed by atoms with Gasteiger partial charge in [-0.15, -0.1) is 0 Å². The van der Waals surface area contributed by atoms with E-state index in [2.05, 4.69) is 13.8 Å². The first kappa shape index (κ1) is 28.0. The monoisotopic (exact) mass is 396 g/mol. The van der Waals surface area contributed by atoms with Gasteiger partial charge in [-0.25, -0.2) is 0 Å². The average molecular weight is 397 g/mol. The van der Waals surface area contributed by atoms with Gasteiger partial charge in [0.25, 0.3) is 0 Å². The van der Waals surface area contributed by atoms with Gasteiger partial charge in [0.05, 0.1) is 6.10 Å². The van der Waals surface area contributed by atoms with Crippen LogP contribution in [-0.2, 0) is 0 Å². The lowest BCUT2D eigenvalue weighted by molar-refractivity contribution is 0.147. The van der Waals surface area contributed by atoms with E-state index < -0.39 is 0 Å². The Morgan fingerprint density at radius 3 is 0.821 bits per heavy atom. The molecule has 0 saturated heterocycles. The molecule has 0 aliphatic carbocycles. The number of rotatable bonds is 24. The van der Waals surface area contributed by atoms with E-state index >= 15 is 0 Å². The van der Waals surface area contributed by atoms with Gasteiger partial charge in [-0.05, 0) is 12.8 Å². The molecule has 0 spiro atoms. The molecule has 0 fully saturated rings. The highest BCUT2D eigenvalue weighted by Gasteiger charge is 2.03. The summed E-state index contributed by atoms with van der Waals surface area (Å²) in [6, 6.07) is 0. The van der Waals surface area contributed by atoms with Crippen molar-refractivity contribution in [2.24, 2.45) is 0 Å². The second kappa shape index (κ2) is 25.0. The molecule has 1 atom stereocenters. The fraction of sp³-hybridized carbons (Fsp3) is 1.00. The normalized spacial score (nSPS) is 12.5. The van der Waals surface area contributed by atoms with Crippen LogP contribution in [0.1, 0.15) is 168 Å². The lowest BCUT2D eigenvalue weighted by atomic mass is 10.0. The maximum Gasteiger partial charge on any atom is 0.0540 e. The molecular weight excluding hydrogens is 340 g/mol. The number of aliphatic hydroxyl groups excluding tert-OH is 1. The lowest BCUT2D eigenvalue weighted by Crippen LogP contribution is -2.05. The van der Waals surface area contributed by atoms with Gasteiger partial charge >= 0.3 is 0 Å². The Morgan fingerprint density at radius 2 is 0.571 bits per heavy atom. The zero-order valence-electron chi connectivity index (χ0n) is 20.0. The first-order chi connectivity index (χ1) is 13.8. The summed E-state index contributed by atoms with van der Waals surface area (Å²) in [5.41, 5.74) is 0. The summed E-state index contributed by atoms with van der Waals surface area (Å²) in [5.74, 6) is 0. The number of hydrogen-bond donors (Lipinski definition) is 1. The highest BCUT2D eigenvalue weighted by Crippen LogP contribution is 2.16. The van der Waals surface area contributed by atoms with Crippen LogP contribution in [0.3, 0.4) is 0 Å². The van der Waals surface area contributed by atoms with Gasteiger partial charge in [0.1, 0.15) is 0 Å². The number of aliphatic hydroxyl groups is 1. The summed E-state index contributed by atoms with van der Waals surface area (Å²) in [6.07, 6.45) is 32.8. The molecule has 0 rings (SSSR count). The van der Waals surface area contributed by atoms with Gasteiger partial charge in [-0.2, -0.15) is 0 Å². The van der Waals surface area contributed by atoms with Crippen molar-refractivity contribution >= 4 is 0 Å².